The van der Waals surface area contributed by atoms with Crippen molar-refractivity contribution in [3.63, 3.8) is 0 Å². The van der Waals surface area contributed by atoms with Gasteiger partial charge in [-0.25, -0.2) is 0 Å². The van der Waals surface area contributed by atoms with Crippen molar-refractivity contribution in [2.45, 2.75) is 38.8 Å². The van der Waals surface area contributed by atoms with E-state index in [2.05, 4.69) is 39.7 Å². The molecule has 1 aromatic carbocycles. The summed E-state index contributed by atoms with van der Waals surface area (Å²) in [6.07, 6.45) is 1.08. The van der Waals surface area contributed by atoms with E-state index in [1.165, 1.54) is 11.7 Å². The average molecular weight is 311 g/mol. The smallest absolute Gasteiger partial charge is 0.129 e. The van der Waals surface area contributed by atoms with Gasteiger partial charge in [-0.1, -0.05) is 18.5 Å². The summed E-state index contributed by atoms with van der Waals surface area (Å²) in [6.45, 7) is 8.54. The van der Waals surface area contributed by atoms with Crippen LogP contribution in [0.3, 0.4) is 0 Å². The number of nitrogens with one attached hydrogen (secondary N) is 1. The molecule has 2 aromatic rings. The molecule has 1 unspecified atom stereocenters. The second-order valence-electron chi connectivity index (χ2n) is 5.98. The van der Waals surface area contributed by atoms with Crippen LogP contribution in [0.1, 0.15) is 27.2 Å². The molecule has 4 nitrogen and oxygen atoms in total. The minimum atomic E-state index is 0.0701. The van der Waals surface area contributed by atoms with Crippen LogP contribution < -0.4 is 10.2 Å². The first-order valence-electron chi connectivity index (χ1n) is 6.94. The van der Waals surface area contributed by atoms with Gasteiger partial charge in [0.05, 0.1) is 22.4 Å². The molecule has 1 aromatic heterocycles. The summed E-state index contributed by atoms with van der Waals surface area (Å²) in [6, 6.07) is 4.31. The Labute approximate surface area is 128 Å². The maximum atomic E-state index is 6.48. The summed E-state index contributed by atoms with van der Waals surface area (Å²) < 4.78 is 8.79. The van der Waals surface area contributed by atoms with Gasteiger partial charge < -0.3 is 10.2 Å². The number of piperazine rings is 1. The zero-order valence-electron chi connectivity index (χ0n) is 12.0. The molecule has 0 spiro atoms. The van der Waals surface area contributed by atoms with Crippen LogP contribution in [0.4, 0.5) is 5.69 Å². The normalized spacial score (nSPS) is 22.4. The van der Waals surface area contributed by atoms with E-state index < -0.39 is 0 Å². The van der Waals surface area contributed by atoms with Crippen LogP contribution in [0.5, 0.6) is 0 Å². The molecule has 2 heterocycles. The molecule has 1 saturated heterocycles. The fraction of sp³-hybridized carbons (Fsp3) is 0.571. The van der Waals surface area contributed by atoms with Crippen LogP contribution >= 0.6 is 23.3 Å². The molecule has 108 valence electrons. The lowest BCUT2D eigenvalue weighted by atomic mass is 9.96. The van der Waals surface area contributed by atoms with Gasteiger partial charge in [-0.3, -0.25) is 0 Å². The molecule has 20 heavy (non-hydrogen) atoms. The largest absolute Gasteiger partial charge is 0.362 e. The topological polar surface area (TPSA) is 41.0 Å². The molecule has 0 amide bonds. The second-order valence-corrected chi connectivity index (χ2v) is 6.92. The van der Waals surface area contributed by atoms with E-state index in [0.717, 1.165) is 41.3 Å². The molecule has 3 rings (SSSR count). The highest BCUT2D eigenvalue weighted by Gasteiger charge is 2.33. The number of anilines is 1. The standard InChI is InChI=1S/C14H19ClN4S/c1-4-9-7-16-14(2,3)8-19(9)13-10(15)5-6-11-12(13)18-20-17-11/h5-6,9,16H,4,7-8H2,1-3H3. The quantitative estimate of drug-likeness (QED) is 0.924. The lowest BCUT2D eigenvalue weighted by molar-refractivity contribution is 0.306. The summed E-state index contributed by atoms with van der Waals surface area (Å²) >= 11 is 7.73. The molecule has 0 bridgehead atoms. The molecule has 1 aliphatic rings. The maximum Gasteiger partial charge on any atom is 0.129 e. The van der Waals surface area contributed by atoms with Gasteiger partial charge in [-0.15, -0.1) is 0 Å². The highest BCUT2D eigenvalue weighted by atomic mass is 35.5. The molecule has 1 N–H and O–H groups in total. The van der Waals surface area contributed by atoms with Crippen molar-refractivity contribution in [3.8, 4) is 0 Å². The lowest BCUT2D eigenvalue weighted by Crippen LogP contribution is -2.61. The first kappa shape index (κ1) is 14.0. The zero-order chi connectivity index (χ0) is 14.3. The van der Waals surface area contributed by atoms with Crippen molar-refractivity contribution in [1.29, 1.82) is 0 Å². The number of nitrogens with zero attached hydrogens (tertiary/aromatic N) is 3. The van der Waals surface area contributed by atoms with Crippen LogP contribution in [0.15, 0.2) is 12.1 Å². The predicted octanol–water partition coefficient (Wildman–Crippen LogP) is 3.31. The molecule has 1 aliphatic heterocycles. The van der Waals surface area contributed by atoms with Crippen LogP contribution in [0.2, 0.25) is 5.02 Å². The van der Waals surface area contributed by atoms with E-state index in [0.29, 0.717) is 6.04 Å². The summed E-state index contributed by atoms with van der Waals surface area (Å²) in [5, 5.41) is 4.37. The predicted molar refractivity (Wildman–Crippen MR) is 85.9 cm³/mol. The summed E-state index contributed by atoms with van der Waals surface area (Å²) in [5.41, 5.74) is 2.97. The third-order valence-corrected chi connectivity index (χ3v) is 4.78. The Morgan fingerprint density at radius 3 is 3.00 bits per heavy atom. The molecular formula is C14H19ClN4S. The Morgan fingerprint density at radius 1 is 1.45 bits per heavy atom. The number of aromatic nitrogens is 2. The number of benzene rings is 1. The van der Waals surface area contributed by atoms with Gasteiger partial charge in [-0.05, 0) is 32.4 Å². The first-order valence-corrected chi connectivity index (χ1v) is 8.05. The average Bonchev–Trinajstić information content (AvgIpc) is 2.86. The van der Waals surface area contributed by atoms with Crippen molar-refractivity contribution >= 4 is 40.0 Å². The van der Waals surface area contributed by atoms with Gasteiger partial charge in [0.15, 0.2) is 0 Å². The van der Waals surface area contributed by atoms with E-state index in [4.69, 9.17) is 11.6 Å². The fourth-order valence-corrected chi connectivity index (χ4v) is 3.63. The van der Waals surface area contributed by atoms with Crippen molar-refractivity contribution in [1.82, 2.24) is 14.1 Å². The van der Waals surface area contributed by atoms with E-state index in [1.807, 2.05) is 12.1 Å². The van der Waals surface area contributed by atoms with Crippen LogP contribution in [0, 0.1) is 0 Å². The number of fused-ring (bicyclic) bond motifs is 1. The van der Waals surface area contributed by atoms with Crippen molar-refractivity contribution in [3.05, 3.63) is 17.2 Å². The van der Waals surface area contributed by atoms with Gasteiger partial charge in [0.2, 0.25) is 0 Å². The molecule has 0 radical (unpaired) electrons. The van der Waals surface area contributed by atoms with Crippen molar-refractivity contribution in [2.24, 2.45) is 0 Å². The third-order valence-electron chi connectivity index (χ3n) is 3.93. The number of hydrogen-bond donors (Lipinski definition) is 1. The molecule has 0 saturated carbocycles. The Morgan fingerprint density at radius 2 is 2.25 bits per heavy atom. The summed E-state index contributed by atoms with van der Waals surface area (Å²) in [4.78, 5) is 2.41. The highest BCUT2D eigenvalue weighted by molar-refractivity contribution is 7.00. The van der Waals surface area contributed by atoms with Crippen molar-refractivity contribution < 1.29 is 0 Å². The van der Waals surface area contributed by atoms with E-state index in [-0.39, 0.29) is 5.54 Å². The second kappa shape index (κ2) is 5.13. The Kier molecular flexibility index (Phi) is 3.60. The van der Waals surface area contributed by atoms with Gasteiger partial charge >= 0.3 is 0 Å². The third kappa shape index (κ3) is 2.38. The molecular weight excluding hydrogens is 292 g/mol. The highest BCUT2D eigenvalue weighted by Crippen LogP contribution is 2.36. The number of rotatable bonds is 2. The number of hydrogen-bond acceptors (Lipinski definition) is 5. The van der Waals surface area contributed by atoms with E-state index in [9.17, 15) is 0 Å². The minimum Gasteiger partial charge on any atom is -0.362 e. The zero-order valence-corrected chi connectivity index (χ0v) is 13.6. The van der Waals surface area contributed by atoms with Crippen molar-refractivity contribution in [2.75, 3.05) is 18.0 Å². The van der Waals surface area contributed by atoms with E-state index in [1.54, 1.807) is 0 Å². The summed E-state index contributed by atoms with van der Waals surface area (Å²) in [5.74, 6) is 0. The van der Waals surface area contributed by atoms with Gasteiger partial charge in [0.1, 0.15) is 11.0 Å². The van der Waals surface area contributed by atoms with Gasteiger partial charge in [0, 0.05) is 24.7 Å². The lowest BCUT2D eigenvalue weighted by Gasteiger charge is -2.46. The maximum absolute atomic E-state index is 6.48. The van der Waals surface area contributed by atoms with E-state index >= 15 is 0 Å². The van der Waals surface area contributed by atoms with Gasteiger partial charge in [-0.2, -0.15) is 8.75 Å². The van der Waals surface area contributed by atoms with Crippen LogP contribution in [-0.2, 0) is 0 Å². The SMILES string of the molecule is CCC1CNC(C)(C)CN1c1c(Cl)ccc2nsnc12. The molecule has 6 heteroatoms. The summed E-state index contributed by atoms with van der Waals surface area (Å²) in [7, 11) is 0. The van der Waals surface area contributed by atoms with Gasteiger partial charge in [0.25, 0.3) is 0 Å². The number of halogens is 1. The molecule has 1 atom stereocenters. The molecule has 0 aliphatic carbocycles. The minimum absolute atomic E-state index is 0.0701. The molecule has 1 fully saturated rings. The Balaban J connectivity index is 2.11. The Hall–Kier alpha value is -0.910. The fourth-order valence-electron chi connectivity index (χ4n) is 2.83. The van der Waals surface area contributed by atoms with Crippen LogP contribution in [-0.4, -0.2) is 33.4 Å². The first-order chi connectivity index (χ1) is 9.52. The Bertz CT molecular complexity index is 625. The van der Waals surface area contributed by atoms with Crippen LogP contribution in [0.25, 0.3) is 11.0 Å². The monoisotopic (exact) mass is 310 g/mol.